The number of hydrogen-bond acceptors (Lipinski definition) is 5. The van der Waals surface area contributed by atoms with Crippen LogP contribution in [-0.4, -0.2) is 44.1 Å². The van der Waals surface area contributed by atoms with Gasteiger partial charge in [0.15, 0.2) is 13.2 Å². The van der Waals surface area contributed by atoms with Crippen LogP contribution >= 0.6 is 0 Å². The first-order chi connectivity index (χ1) is 14.1. The molecule has 0 aromatic heterocycles. The fraction of sp³-hybridized carbons (Fsp3) is 0.227. The van der Waals surface area contributed by atoms with Gasteiger partial charge in [0.05, 0.1) is 12.1 Å². The fourth-order valence-corrected chi connectivity index (χ4v) is 2.98. The Morgan fingerprint density at radius 2 is 1.86 bits per heavy atom. The summed E-state index contributed by atoms with van der Waals surface area (Å²) in [5.74, 6) is -0.536. The highest BCUT2D eigenvalue weighted by Gasteiger charge is 2.26. The van der Waals surface area contributed by atoms with Gasteiger partial charge in [-0.2, -0.15) is 0 Å². The van der Waals surface area contributed by atoms with Crippen molar-refractivity contribution in [2.24, 2.45) is 0 Å². The Bertz CT molecular complexity index is 897. The molecule has 1 aliphatic rings. The van der Waals surface area contributed by atoms with Crippen LogP contribution in [0.2, 0.25) is 0 Å². The van der Waals surface area contributed by atoms with Gasteiger partial charge in [0.2, 0.25) is 0 Å². The number of rotatable bonds is 8. The van der Waals surface area contributed by atoms with Crippen LogP contribution in [0.25, 0.3) is 0 Å². The largest absolute Gasteiger partial charge is 0.482 e. The number of ether oxygens (including phenoxy) is 2. The molecular weight excluding hydrogens is 372 g/mol. The average Bonchev–Trinajstić information content (AvgIpc) is 2.75. The number of benzene rings is 2. The van der Waals surface area contributed by atoms with Gasteiger partial charge in [-0.05, 0) is 24.3 Å². The summed E-state index contributed by atoms with van der Waals surface area (Å²) in [6.45, 7) is 3.67. The zero-order chi connectivity index (χ0) is 20.6. The SMILES string of the molecule is C=CCN(C(=O)COC(=O)CCN1C(=O)COc2ccccc21)c1ccccc1. The zero-order valence-corrected chi connectivity index (χ0v) is 16.0. The van der Waals surface area contributed by atoms with Crippen LogP contribution in [0.5, 0.6) is 5.75 Å². The molecule has 150 valence electrons. The standard InChI is InChI=1S/C22H22N2O5/c1-2-13-23(17-8-4-3-5-9-17)20(25)16-29-22(27)12-14-24-18-10-6-7-11-19(18)28-15-21(24)26/h2-11H,1,12-16H2. The second-order valence-corrected chi connectivity index (χ2v) is 6.34. The fourth-order valence-electron chi connectivity index (χ4n) is 2.98. The molecule has 0 N–H and O–H groups in total. The van der Waals surface area contributed by atoms with Gasteiger partial charge in [-0.25, -0.2) is 0 Å². The summed E-state index contributed by atoms with van der Waals surface area (Å²) in [7, 11) is 0. The minimum absolute atomic E-state index is 0.0276. The summed E-state index contributed by atoms with van der Waals surface area (Å²) in [4.78, 5) is 39.7. The van der Waals surface area contributed by atoms with E-state index in [1.54, 1.807) is 36.4 Å². The van der Waals surface area contributed by atoms with E-state index in [1.165, 1.54) is 9.80 Å². The van der Waals surface area contributed by atoms with E-state index >= 15 is 0 Å². The molecule has 0 atom stereocenters. The molecule has 7 heteroatoms. The zero-order valence-electron chi connectivity index (χ0n) is 16.0. The van der Waals surface area contributed by atoms with Gasteiger partial charge in [-0.15, -0.1) is 6.58 Å². The first-order valence-corrected chi connectivity index (χ1v) is 9.24. The minimum Gasteiger partial charge on any atom is -0.482 e. The normalized spacial score (nSPS) is 12.6. The van der Waals surface area contributed by atoms with E-state index in [2.05, 4.69) is 6.58 Å². The van der Waals surface area contributed by atoms with E-state index in [0.29, 0.717) is 23.7 Å². The number of carbonyl (C=O) groups excluding carboxylic acids is 3. The van der Waals surface area contributed by atoms with Crippen molar-refractivity contribution in [2.75, 3.05) is 36.1 Å². The second kappa shape index (κ2) is 9.54. The van der Waals surface area contributed by atoms with Crippen molar-refractivity contribution < 1.29 is 23.9 Å². The number of nitrogens with zero attached hydrogens (tertiary/aromatic N) is 2. The molecule has 0 unspecified atom stereocenters. The third-order valence-corrected chi connectivity index (χ3v) is 4.39. The Labute approximate surface area is 169 Å². The highest BCUT2D eigenvalue weighted by atomic mass is 16.5. The van der Waals surface area contributed by atoms with Crippen molar-refractivity contribution in [3.05, 3.63) is 67.3 Å². The number of carbonyl (C=O) groups is 3. The van der Waals surface area contributed by atoms with Crippen LogP contribution < -0.4 is 14.5 Å². The molecule has 2 aromatic carbocycles. The maximum absolute atomic E-state index is 12.5. The molecule has 0 fully saturated rings. The van der Waals surface area contributed by atoms with Gasteiger partial charge >= 0.3 is 5.97 Å². The Kier molecular flexibility index (Phi) is 6.63. The predicted octanol–water partition coefficient (Wildman–Crippen LogP) is 2.56. The molecular formula is C22H22N2O5. The number of hydrogen-bond donors (Lipinski definition) is 0. The Hall–Kier alpha value is -3.61. The van der Waals surface area contributed by atoms with Crippen molar-refractivity contribution in [1.29, 1.82) is 0 Å². The van der Waals surface area contributed by atoms with Gasteiger partial charge in [-0.3, -0.25) is 14.4 Å². The lowest BCUT2D eigenvalue weighted by atomic mass is 10.2. The second-order valence-electron chi connectivity index (χ2n) is 6.34. The molecule has 0 saturated heterocycles. The van der Waals surface area contributed by atoms with Crippen molar-refractivity contribution >= 4 is 29.2 Å². The summed E-state index contributed by atoms with van der Waals surface area (Å²) in [6, 6.07) is 16.2. The van der Waals surface area contributed by atoms with Crippen molar-refractivity contribution in [3.63, 3.8) is 0 Å². The number of fused-ring (bicyclic) bond motifs is 1. The Morgan fingerprint density at radius 3 is 2.62 bits per heavy atom. The number of esters is 1. The summed E-state index contributed by atoms with van der Waals surface area (Å²) in [5.41, 5.74) is 1.32. The van der Waals surface area contributed by atoms with E-state index < -0.39 is 5.97 Å². The first kappa shape index (κ1) is 20.1. The molecule has 7 nitrogen and oxygen atoms in total. The van der Waals surface area contributed by atoms with Gasteiger partial charge in [0, 0.05) is 18.8 Å². The van der Waals surface area contributed by atoms with Crippen LogP contribution in [-0.2, 0) is 19.1 Å². The minimum atomic E-state index is -0.554. The van der Waals surface area contributed by atoms with Gasteiger partial charge in [-0.1, -0.05) is 36.4 Å². The molecule has 1 aliphatic heterocycles. The maximum atomic E-state index is 12.5. The van der Waals surface area contributed by atoms with Crippen LogP contribution in [0.1, 0.15) is 6.42 Å². The molecule has 0 aliphatic carbocycles. The summed E-state index contributed by atoms with van der Waals surface area (Å²) in [5, 5.41) is 0. The van der Waals surface area contributed by atoms with E-state index in [-0.39, 0.29) is 38.0 Å². The van der Waals surface area contributed by atoms with Crippen molar-refractivity contribution in [1.82, 2.24) is 0 Å². The highest BCUT2D eigenvalue weighted by molar-refractivity contribution is 5.98. The van der Waals surface area contributed by atoms with Crippen LogP contribution in [0, 0.1) is 0 Å². The average molecular weight is 394 g/mol. The van der Waals surface area contributed by atoms with Gasteiger partial charge in [0.1, 0.15) is 5.75 Å². The predicted molar refractivity (Wildman–Crippen MR) is 109 cm³/mol. The van der Waals surface area contributed by atoms with Crippen LogP contribution in [0.3, 0.4) is 0 Å². The van der Waals surface area contributed by atoms with E-state index in [4.69, 9.17) is 9.47 Å². The lowest BCUT2D eigenvalue weighted by Crippen LogP contribution is -2.40. The molecule has 3 rings (SSSR count). The summed E-state index contributed by atoms with van der Waals surface area (Å²) < 4.78 is 10.5. The van der Waals surface area contributed by atoms with Gasteiger partial charge < -0.3 is 19.3 Å². The number of anilines is 2. The number of para-hydroxylation sites is 3. The van der Waals surface area contributed by atoms with E-state index in [9.17, 15) is 14.4 Å². The van der Waals surface area contributed by atoms with Crippen LogP contribution in [0.15, 0.2) is 67.3 Å². The molecule has 0 saturated carbocycles. The molecule has 0 bridgehead atoms. The molecule has 0 spiro atoms. The lowest BCUT2D eigenvalue weighted by molar-refractivity contribution is -0.147. The maximum Gasteiger partial charge on any atom is 0.308 e. The smallest absolute Gasteiger partial charge is 0.308 e. The quantitative estimate of drug-likeness (QED) is 0.508. The van der Waals surface area contributed by atoms with E-state index in [0.717, 1.165) is 0 Å². The lowest BCUT2D eigenvalue weighted by Gasteiger charge is -2.29. The Morgan fingerprint density at radius 1 is 1.14 bits per heavy atom. The third kappa shape index (κ3) is 5.01. The molecule has 29 heavy (non-hydrogen) atoms. The highest BCUT2D eigenvalue weighted by Crippen LogP contribution is 2.31. The van der Waals surface area contributed by atoms with Crippen molar-refractivity contribution in [3.8, 4) is 5.75 Å². The summed E-state index contributed by atoms with van der Waals surface area (Å²) >= 11 is 0. The summed E-state index contributed by atoms with van der Waals surface area (Å²) in [6.07, 6.45) is 1.58. The van der Waals surface area contributed by atoms with Crippen molar-refractivity contribution in [2.45, 2.75) is 6.42 Å². The topological polar surface area (TPSA) is 76.2 Å². The van der Waals surface area contributed by atoms with Crippen LogP contribution in [0.4, 0.5) is 11.4 Å². The monoisotopic (exact) mass is 394 g/mol. The third-order valence-electron chi connectivity index (χ3n) is 4.39. The molecule has 0 radical (unpaired) electrons. The molecule has 2 aromatic rings. The number of amides is 2. The van der Waals surface area contributed by atoms with E-state index in [1.807, 2.05) is 24.3 Å². The van der Waals surface area contributed by atoms with Gasteiger partial charge in [0.25, 0.3) is 11.8 Å². The molecule has 2 amide bonds. The Balaban J connectivity index is 1.54. The molecule has 1 heterocycles. The first-order valence-electron chi connectivity index (χ1n) is 9.24.